The number of amides is 2. The lowest BCUT2D eigenvalue weighted by molar-refractivity contribution is -0.135. The van der Waals surface area contributed by atoms with E-state index in [4.69, 9.17) is 4.74 Å². The van der Waals surface area contributed by atoms with Crippen LogP contribution in [0.25, 0.3) is 16.9 Å². The summed E-state index contributed by atoms with van der Waals surface area (Å²) in [6.07, 6.45) is 8.72. The maximum atomic E-state index is 14.3. The molecule has 9 nitrogen and oxygen atoms in total. The number of nitrogens with zero attached hydrogens (tertiary/aromatic N) is 5. The van der Waals surface area contributed by atoms with Gasteiger partial charge in [0.25, 0.3) is 5.91 Å². The number of fused-ring (bicyclic) bond motifs is 1. The van der Waals surface area contributed by atoms with Gasteiger partial charge in [-0.1, -0.05) is 0 Å². The second-order valence-corrected chi connectivity index (χ2v) is 10.7. The molecule has 0 unspecified atom stereocenters. The molecule has 0 saturated carbocycles. The summed E-state index contributed by atoms with van der Waals surface area (Å²) >= 11 is 0. The Kier molecular flexibility index (Phi) is 7.30. The van der Waals surface area contributed by atoms with Crippen LogP contribution >= 0.6 is 0 Å². The van der Waals surface area contributed by atoms with E-state index in [0.29, 0.717) is 48.5 Å². The van der Waals surface area contributed by atoms with Crippen molar-refractivity contribution >= 4 is 29.0 Å². The number of rotatable bonds is 6. The number of imidazole rings is 1. The largest absolute Gasteiger partial charge is 0.494 e. The first-order valence-electron chi connectivity index (χ1n) is 14.0. The highest BCUT2D eigenvalue weighted by molar-refractivity contribution is 5.96. The Bertz CT molecular complexity index is 1600. The molecule has 2 aromatic heterocycles. The number of hydrogen-bond donors (Lipinski definition) is 1. The molecule has 1 N–H and O–H groups in total. The number of ether oxygens (including phenoxy) is 1. The average molecular weight is 557 g/mol. The van der Waals surface area contributed by atoms with Crippen LogP contribution in [0.4, 0.5) is 15.9 Å². The molecule has 2 saturated heterocycles. The number of hydrogen-bond acceptors (Lipinski definition) is 6. The number of carbonyl (C=O) groups is 2. The molecular formula is C31H33FN6O3. The van der Waals surface area contributed by atoms with Crippen LogP contribution in [-0.4, -0.2) is 69.3 Å². The highest BCUT2D eigenvalue weighted by Gasteiger charge is 2.31. The zero-order valence-electron chi connectivity index (χ0n) is 23.3. The molecule has 4 aromatic rings. The Labute approximate surface area is 238 Å². The summed E-state index contributed by atoms with van der Waals surface area (Å²) in [5, 5.41) is 3.32. The van der Waals surface area contributed by atoms with Crippen molar-refractivity contribution < 1.29 is 18.7 Å². The van der Waals surface area contributed by atoms with E-state index in [0.717, 1.165) is 42.9 Å². The van der Waals surface area contributed by atoms with Crippen LogP contribution in [0.1, 0.15) is 41.6 Å². The molecular weight excluding hydrogens is 523 g/mol. The highest BCUT2D eigenvalue weighted by atomic mass is 19.1. The molecule has 2 aliphatic rings. The van der Waals surface area contributed by atoms with Crippen molar-refractivity contribution in [1.29, 1.82) is 0 Å². The molecule has 212 valence electrons. The molecule has 2 fully saturated rings. The maximum absolute atomic E-state index is 14.3. The summed E-state index contributed by atoms with van der Waals surface area (Å²) in [7, 11) is 1.43. The van der Waals surface area contributed by atoms with Crippen LogP contribution in [0.15, 0.2) is 55.0 Å². The second kappa shape index (κ2) is 11.2. The number of anilines is 2. The van der Waals surface area contributed by atoms with E-state index in [-0.39, 0.29) is 23.5 Å². The Balaban J connectivity index is 1.15. The number of likely N-dealkylation sites (tertiary alicyclic amines) is 2. The number of aryl methyl sites for hydroxylation is 1. The van der Waals surface area contributed by atoms with Gasteiger partial charge in [0.2, 0.25) is 5.91 Å². The normalized spacial score (nSPS) is 15.9. The molecule has 0 spiro atoms. The number of nitrogens with one attached hydrogen (secondary N) is 1. The first-order chi connectivity index (χ1) is 19.9. The number of aromatic nitrogens is 3. The fourth-order valence-electron chi connectivity index (χ4n) is 5.86. The first-order valence-corrected chi connectivity index (χ1v) is 14.0. The van der Waals surface area contributed by atoms with Gasteiger partial charge in [0.15, 0.2) is 23.0 Å². The van der Waals surface area contributed by atoms with E-state index >= 15 is 0 Å². The molecule has 41 heavy (non-hydrogen) atoms. The van der Waals surface area contributed by atoms with Crippen LogP contribution in [0.3, 0.4) is 0 Å². The molecule has 2 amide bonds. The fourth-order valence-corrected chi connectivity index (χ4v) is 5.86. The van der Waals surface area contributed by atoms with Gasteiger partial charge in [0, 0.05) is 61.3 Å². The van der Waals surface area contributed by atoms with Crippen LogP contribution in [-0.2, 0) is 4.79 Å². The average Bonchev–Trinajstić information content (AvgIpc) is 3.68. The molecule has 4 heterocycles. The predicted molar refractivity (Wildman–Crippen MR) is 154 cm³/mol. The van der Waals surface area contributed by atoms with Gasteiger partial charge in [-0.15, -0.1) is 0 Å². The van der Waals surface area contributed by atoms with Crippen molar-refractivity contribution in [2.45, 2.75) is 32.6 Å². The summed E-state index contributed by atoms with van der Waals surface area (Å²) in [4.78, 5) is 39.0. The molecule has 6 rings (SSSR count). The Morgan fingerprint density at radius 1 is 1.00 bits per heavy atom. The number of halogens is 1. The number of carbonyl (C=O) groups excluding carboxylic acids is 2. The number of piperidine rings is 1. The second-order valence-electron chi connectivity index (χ2n) is 10.7. The van der Waals surface area contributed by atoms with E-state index in [1.54, 1.807) is 30.7 Å². The van der Waals surface area contributed by atoms with Crippen LogP contribution < -0.4 is 10.1 Å². The van der Waals surface area contributed by atoms with Crippen molar-refractivity contribution in [3.8, 4) is 17.0 Å². The van der Waals surface area contributed by atoms with Gasteiger partial charge in [-0.2, -0.15) is 0 Å². The van der Waals surface area contributed by atoms with Crippen molar-refractivity contribution in [3.05, 3.63) is 71.9 Å². The predicted octanol–water partition coefficient (Wildman–Crippen LogP) is 5.07. The van der Waals surface area contributed by atoms with E-state index in [9.17, 15) is 14.0 Å². The van der Waals surface area contributed by atoms with Gasteiger partial charge in [0.05, 0.1) is 19.0 Å². The van der Waals surface area contributed by atoms with E-state index in [2.05, 4.69) is 15.3 Å². The minimum Gasteiger partial charge on any atom is -0.494 e. The molecule has 2 aliphatic heterocycles. The third-order valence-corrected chi connectivity index (χ3v) is 8.14. The monoisotopic (exact) mass is 556 g/mol. The molecule has 0 aliphatic carbocycles. The molecule has 2 aromatic carbocycles. The summed E-state index contributed by atoms with van der Waals surface area (Å²) in [6.45, 7) is 4.84. The Morgan fingerprint density at radius 3 is 2.49 bits per heavy atom. The van der Waals surface area contributed by atoms with Crippen LogP contribution in [0.5, 0.6) is 5.75 Å². The van der Waals surface area contributed by atoms with Crippen LogP contribution in [0, 0.1) is 18.7 Å². The number of benzene rings is 2. The molecule has 0 bridgehead atoms. The summed E-state index contributed by atoms with van der Waals surface area (Å²) < 4.78 is 21.2. The Hall–Kier alpha value is -4.47. The lowest BCUT2D eigenvalue weighted by atomic mass is 9.94. The third-order valence-electron chi connectivity index (χ3n) is 8.14. The van der Waals surface area contributed by atoms with Gasteiger partial charge in [-0.3, -0.25) is 14.0 Å². The lowest BCUT2D eigenvalue weighted by Gasteiger charge is -2.33. The molecule has 0 radical (unpaired) electrons. The lowest BCUT2D eigenvalue weighted by Crippen LogP contribution is -2.43. The number of methoxy groups -OCH3 is 1. The Morgan fingerprint density at radius 2 is 1.78 bits per heavy atom. The van der Waals surface area contributed by atoms with E-state index in [1.165, 1.54) is 13.2 Å². The van der Waals surface area contributed by atoms with Gasteiger partial charge in [-0.25, -0.2) is 14.4 Å². The van der Waals surface area contributed by atoms with E-state index in [1.807, 2.05) is 39.3 Å². The minimum atomic E-state index is -0.447. The molecule has 10 heteroatoms. The standard InChI is InChI=1S/C31H33FN6O3/c1-20-17-23(6-7-24(20)31(40)37-14-9-21(10-15-37)30(39)36-12-3-4-13-36)35-28-29-34-19-26(38(29)16-11-33-28)22-5-8-27(41-2)25(32)18-22/h5-8,11,16-19,21H,3-4,9-10,12-15H2,1-2H3,(H,33,35). The first kappa shape index (κ1) is 26.7. The van der Waals surface area contributed by atoms with Crippen molar-refractivity contribution in [2.24, 2.45) is 5.92 Å². The van der Waals surface area contributed by atoms with Crippen molar-refractivity contribution in [3.63, 3.8) is 0 Å². The van der Waals surface area contributed by atoms with Crippen LogP contribution in [0.2, 0.25) is 0 Å². The molecule has 0 atom stereocenters. The highest BCUT2D eigenvalue weighted by Crippen LogP contribution is 2.29. The fraction of sp³-hybridized carbons (Fsp3) is 0.355. The quantitative estimate of drug-likeness (QED) is 0.357. The zero-order chi connectivity index (χ0) is 28.5. The third kappa shape index (κ3) is 5.21. The summed E-state index contributed by atoms with van der Waals surface area (Å²) in [6, 6.07) is 10.4. The SMILES string of the molecule is COc1ccc(-c2cnc3c(Nc4ccc(C(=O)N5CCC(C(=O)N6CCCC6)CC5)c(C)c4)nccn23)cc1F. The van der Waals surface area contributed by atoms with Gasteiger partial charge < -0.3 is 19.9 Å². The summed E-state index contributed by atoms with van der Waals surface area (Å²) in [5.74, 6) is 0.540. The smallest absolute Gasteiger partial charge is 0.254 e. The van der Waals surface area contributed by atoms with Crippen molar-refractivity contribution in [2.75, 3.05) is 38.6 Å². The van der Waals surface area contributed by atoms with Crippen molar-refractivity contribution in [1.82, 2.24) is 24.2 Å². The maximum Gasteiger partial charge on any atom is 0.254 e. The summed E-state index contributed by atoms with van der Waals surface area (Å²) in [5.41, 5.74) is 4.24. The van der Waals surface area contributed by atoms with Gasteiger partial charge in [0.1, 0.15) is 0 Å². The minimum absolute atomic E-state index is 0.00836. The van der Waals surface area contributed by atoms with Gasteiger partial charge in [-0.05, 0) is 74.6 Å². The topological polar surface area (TPSA) is 92.1 Å². The zero-order valence-corrected chi connectivity index (χ0v) is 23.3. The van der Waals surface area contributed by atoms with Gasteiger partial charge >= 0.3 is 0 Å². The van der Waals surface area contributed by atoms with E-state index < -0.39 is 5.82 Å².